The van der Waals surface area contributed by atoms with Crippen molar-refractivity contribution in [3.8, 4) is 11.1 Å². The number of rotatable bonds is 4. The van der Waals surface area contributed by atoms with Gasteiger partial charge in [0.05, 0.1) is 5.56 Å². The summed E-state index contributed by atoms with van der Waals surface area (Å²) in [6.45, 7) is 0. The molecule has 0 bridgehead atoms. The average Bonchev–Trinajstić information content (AvgIpc) is 2.73. The molecule has 0 aliphatic rings. The van der Waals surface area contributed by atoms with Crippen LogP contribution >= 0.6 is 15.9 Å². The number of aromatic amines is 1. The van der Waals surface area contributed by atoms with Gasteiger partial charge < -0.3 is 4.98 Å². The second kappa shape index (κ2) is 7.97. The predicted octanol–water partition coefficient (Wildman–Crippen LogP) is 5.99. The lowest BCUT2D eigenvalue weighted by Gasteiger charge is -2.11. The van der Waals surface area contributed by atoms with Crippen molar-refractivity contribution in [1.82, 2.24) is 4.98 Å². The second-order valence-corrected chi connectivity index (χ2v) is 7.42. The Bertz CT molecular complexity index is 1290. The van der Waals surface area contributed by atoms with E-state index in [2.05, 4.69) is 20.9 Å². The molecule has 0 amide bonds. The average molecular weight is 448 g/mol. The molecular formula is C24H15BrFNO2. The number of hydrogen-bond donors (Lipinski definition) is 1. The number of aromatic nitrogens is 1. The molecule has 1 heterocycles. The van der Waals surface area contributed by atoms with E-state index in [-0.39, 0.29) is 11.4 Å². The van der Waals surface area contributed by atoms with Crippen molar-refractivity contribution in [2.75, 3.05) is 0 Å². The van der Waals surface area contributed by atoms with Crippen LogP contribution < -0.4 is 5.56 Å². The maximum absolute atomic E-state index is 13.1. The van der Waals surface area contributed by atoms with Crippen LogP contribution in [-0.4, -0.2) is 10.8 Å². The zero-order valence-corrected chi connectivity index (χ0v) is 16.7. The first-order chi connectivity index (χ1) is 14.0. The van der Waals surface area contributed by atoms with Gasteiger partial charge in [-0.2, -0.15) is 0 Å². The fourth-order valence-electron chi connectivity index (χ4n) is 3.23. The number of fused-ring (bicyclic) bond motifs is 1. The molecule has 4 aromatic rings. The van der Waals surface area contributed by atoms with E-state index in [1.807, 2.05) is 42.5 Å². The molecule has 142 valence electrons. The molecule has 3 aromatic carbocycles. The van der Waals surface area contributed by atoms with Crippen LogP contribution in [-0.2, 0) is 0 Å². The normalized spacial score (nSPS) is 11.2. The largest absolute Gasteiger partial charge is 0.321 e. The van der Waals surface area contributed by atoms with Gasteiger partial charge in [0.1, 0.15) is 5.82 Å². The molecule has 0 atom stereocenters. The molecule has 0 aliphatic heterocycles. The highest BCUT2D eigenvalue weighted by molar-refractivity contribution is 9.10. The smallest absolute Gasteiger partial charge is 0.260 e. The maximum Gasteiger partial charge on any atom is 0.260 e. The molecule has 0 radical (unpaired) electrons. The molecule has 29 heavy (non-hydrogen) atoms. The molecule has 1 N–H and O–H groups in total. The Kier molecular flexibility index (Phi) is 5.23. The molecule has 0 spiro atoms. The summed E-state index contributed by atoms with van der Waals surface area (Å²) in [5.41, 5.74) is 2.30. The van der Waals surface area contributed by atoms with Crippen molar-refractivity contribution >= 4 is 38.7 Å². The van der Waals surface area contributed by atoms with Gasteiger partial charge in [0.2, 0.25) is 0 Å². The minimum Gasteiger partial charge on any atom is -0.321 e. The summed E-state index contributed by atoms with van der Waals surface area (Å²) in [5.74, 6) is -0.771. The third kappa shape index (κ3) is 3.96. The Morgan fingerprint density at radius 3 is 2.41 bits per heavy atom. The van der Waals surface area contributed by atoms with E-state index in [1.54, 1.807) is 24.3 Å². The van der Waals surface area contributed by atoms with Crippen LogP contribution in [0.3, 0.4) is 0 Å². The Balaban J connectivity index is 1.91. The summed E-state index contributed by atoms with van der Waals surface area (Å²) in [4.78, 5) is 28.7. The van der Waals surface area contributed by atoms with Gasteiger partial charge in [0, 0.05) is 20.9 Å². The highest BCUT2D eigenvalue weighted by atomic mass is 79.9. The van der Waals surface area contributed by atoms with E-state index in [9.17, 15) is 14.0 Å². The van der Waals surface area contributed by atoms with Crippen LogP contribution in [0, 0.1) is 5.82 Å². The van der Waals surface area contributed by atoms with Crippen LogP contribution in [0.1, 0.15) is 15.9 Å². The summed E-state index contributed by atoms with van der Waals surface area (Å²) in [7, 11) is 0. The van der Waals surface area contributed by atoms with Gasteiger partial charge in [0.25, 0.3) is 5.56 Å². The molecule has 4 rings (SSSR count). The Hall–Kier alpha value is -3.31. The Labute approximate surface area is 174 Å². The van der Waals surface area contributed by atoms with Gasteiger partial charge in [-0.25, -0.2) is 4.39 Å². The molecule has 0 fully saturated rings. The number of carbonyl (C=O) groups is 1. The van der Waals surface area contributed by atoms with Gasteiger partial charge in [-0.1, -0.05) is 64.5 Å². The number of pyridine rings is 1. The number of halogens is 2. The van der Waals surface area contributed by atoms with E-state index in [0.717, 1.165) is 15.4 Å². The van der Waals surface area contributed by atoms with E-state index >= 15 is 0 Å². The lowest BCUT2D eigenvalue weighted by Crippen LogP contribution is -2.18. The zero-order chi connectivity index (χ0) is 20.4. The molecule has 0 aliphatic carbocycles. The van der Waals surface area contributed by atoms with Gasteiger partial charge >= 0.3 is 0 Å². The van der Waals surface area contributed by atoms with Crippen LogP contribution in [0.25, 0.3) is 28.1 Å². The lowest BCUT2D eigenvalue weighted by molar-refractivity contribution is 0.104. The van der Waals surface area contributed by atoms with E-state index in [4.69, 9.17) is 0 Å². The number of ketones is 1. The van der Waals surface area contributed by atoms with Gasteiger partial charge in [-0.05, 0) is 47.5 Å². The first-order valence-electron chi connectivity index (χ1n) is 8.92. The number of carbonyl (C=O) groups excluding carboxylic acids is 1. The van der Waals surface area contributed by atoms with Crippen molar-refractivity contribution in [3.05, 3.63) is 111 Å². The van der Waals surface area contributed by atoms with Crippen molar-refractivity contribution < 1.29 is 9.18 Å². The fraction of sp³-hybridized carbons (Fsp3) is 0. The van der Waals surface area contributed by atoms with Crippen molar-refractivity contribution in [2.45, 2.75) is 0 Å². The van der Waals surface area contributed by atoms with Gasteiger partial charge in [-0.15, -0.1) is 0 Å². The monoisotopic (exact) mass is 447 g/mol. The number of H-pyrrole nitrogens is 1. The molecule has 0 saturated carbocycles. The van der Waals surface area contributed by atoms with Crippen LogP contribution in [0.15, 0.2) is 88.1 Å². The van der Waals surface area contributed by atoms with Gasteiger partial charge in [-0.3, -0.25) is 9.59 Å². The fourth-order valence-corrected chi connectivity index (χ4v) is 3.60. The van der Waals surface area contributed by atoms with Crippen LogP contribution in [0.5, 0.6) is 0 Å². The molecule has 5 heteroatoms. The Morgan fingerprint density at radius 2 is 1.69 bits per heavy atom. The number of nitrogens with one attached hydrogen (secondary N) is 1. The first kappa shape index (κ1) is 19.0. The van der Waals surface area contributed by atoms with Crippen molar-refractivity contribution in [1.29, 1.82) is 0 Å². The topological polar surface area (TPSA) is 49.9 Å². The second-order valence-electron chi connectivity index (χ2n) is 6.51. The quantitative estimate of drug-likeness (QED) is 0.308. The summed E-state index contributed by atoms with van der Waals surface area (Å²) < 4.78 is 13.9. The lowest BCUT2D eigenvalue weighted by atomic mass is 9.94. The third-order valence-corrected chi connectivity index (χ3v) is 5.08. The summed E-state index contributed by atoms with van der Waals surface area (Å²) in [6, 6.07) is 20.6. The zero-order valence-electron chi connectivity index (χ0n) is 15.2. The number of benzene rings is 3. The highest BCUT2D eigenvalue weighted by Gasteiger charge is 2.19. The first-order valence-corrected chi connectivity index (χ1v) is 9.71. The summed E-state index contributed by atoms with van der Waals surface area (Å²) in [5, 5.41) is 0.767. The molecule has 0 unspecified atom stereocenters. The minimum absolute atomic E-state index is 0.0696. The Morgan fingerprint density at radius 1 is 0.966 bits per heavy atom. The van der Waals surface area contributed by atoms with Crippen molar-refractivity contribution in [2.24, 2.45) is 0 Å². The molecule has 3 nitrogen and oxygen atoms in total. The maximum atomic E-state index is 13.1. The number of allylic oxidation sites excluding steroid dienone is 1. The highest BCUT2D eigenvalue weighted by Crippen LogP contribution is 2.31. The van der Waals surface area contributed by atoms with Crippen molar-refractivity contribution in [3.63, 3.8) is 0 Å². The SMILES string of the molecule is O=C(C=Cc1ccc(F)cc1)c1c(-c2ccccc2)c2cc(Br)ccc2[nH]c1=O. The van der Waals surface area contributed by atoms with E-state index in [1.165, 1.54) is 18.2 Å². The van der Waals surface area contributed by atoms with E-state index in [0.29, 0.717) is 16.6 Å². The molecule has 0 saturated heterocycles. The van der Waals surface area contributed by atoms with Crippen LogP contribution in [0.4, 0.5) is 4.39 Å². The van der Waals surface area contributed by atoms with Gasteiger partial charge in [0.15, 0.2) is 5.78 Å². The molecule has 1 aromatic heterocycles. The summed E-state index contributed by atoms with van der Waals surface area (Å²) in [6.07, 6.45) is 2.91. The minimum atomic E-state index is -0.451. The van der Waals surface area contributed by atoms with Crippen LogP contribution in [0.2, 0.25) is 0 Å². The molecular weight excluding hydrogens is 433 g/mol. The summed E-state index contributed by atoms with van der Waals surface area (Å²) >= 11 is 3.46. The predicted molar refractivity (Wildman–Crippen MR) is 117 cm³/mol. The standard InChI is InChI=1S/C24H15BrFNO2/c25-17-9-12-20-19(14-17)22(16-4-2-1-3-5-16)23(24(29)27-20)21(28)13-8-15-6-10-18(26)11-7-15/h1-14H,(H,27,29). The van der Waals surface area contributed by atoms with E-state index < -0.39 is 11.3 Å². The number of hydrogen-bond acceptors (Lipinski definition) is 2. The third-order valence-electron chi connectivity index (χ3n) is 4.58.